The molecule has 2 aromatic carbocycles. The van der Waals surface area contributed by atoms with Crippen LogP contribution in [-0.4, -0.2) is 44.4 Å². The molecule has 0 atom stereocenters. The molecular weight excluding hydrogens is 394 g/mol. The summed E-state index contributed by atoms with van der Waals surface area (Å²) >= 11 is 0. The van der Waals surface area contributed by atoms with Crippen LogP contribution in [0.5, 0.6) is 5.75 Å². The predicted octanol–water partition coefficient (Wildman–Crippen LogP) is 2.95. The van der Waals surface area contributed by atoms with Crippen molar-refractivity contribution < 1.29 is 18.1 Å². The molecule has 0 spiro atoms. The molecule has 2 heterocycles. The van der Waals surface area contributed by atoms with E-state index in [4.69, 9.17) is 4.74 Å². The molecule has 29 heavy (non-hydrogen) atoms. The minimum Gasteiger partial charge on any atom is -0.496 e. The topological polar surface area (TPSA) is 93.0 Å². The first-order valence-electron chi connectivity index (χ1n) is 9.60. The molecule has 0 aliphatic carbocycles. The maximum Gasteiger partial charge on any atom is 0.270 e. The summed E-state index contributed by atoms with van der Waals surface area (Å²) in [5.41, 5.74) is 2.48. The van der Waals surface area contributed by atoms with Gasteiger partial charge in [0.1, 0.15) is 10.6 Å². The van der Waals surface area contributed by atoms with E-state index in [1.54, 1.807) is 13.2 Å². The van der Waals surface area contributed by atoms with Crippen molar-refractivity contribution in [2.75, 3.05) is 31.6 Å². The van der Waals surface area contributed by atoms with Crippen LogP contribution in [0.4, 0.5) is 11.4 Å². The van der Waals surface area contributed by atoms with E-state index in [1.165, 1.54) is 16.4 Å². The average Bonchev–Trinajstić information content (AvgIpc) is 3.28. The lowest BCUT2D eigenvalue weighted by Crippen LogP contribution is -2.34. The van der Waals surface area contributed by atoms with Crippen LogP contribution in [0.2, 0.25) is 0 Å². The third kappa shape index (κ3) is 3.56. The van der Waals surface area contributed by atoms with E-state index in [-0.39, 0.29) is 10.6 Å². The van der Waals surface area contributed by atoms with Gasteiger partial charge in [-0.15, -0.1) is 0 Å². The van der Waals surface area contributed by atoms with E-state index in [2.05, 4.69) is 0 Å². The Morgan fingerprint density at radius 3 is 2.55 bits per heavy atom. The molecule has 0 N–H and O–H groups in total. The van der Waals surface area contributed by atoms with Crippen molar-refractivity contribution in [3.63, 3.8) is 0 Å². The molecule has 2 aliphatic heterocycles. The number of ether oxygens (including phenoxy) is 1. The molecule has 0 radical (unpaired) electrons. The highest BCUT2D eigenvalue weighted by atomic mass is 32.2. The van der Waals surface area contributed by atoms with Crippen molar-refractivity contribution in [1.29, 1.82) is 0 Å². The molecule has 2 aliphatic rings. The first-order valence-corrected chi connectivity index (χ1v) is 11.0. The van der Waals surface area contributed by atoms with Crippen LogP contribution in [0, 0.1) is 10.1 Å². The Labute approximate surface area is 169 Å². The molecule has 2 aromatic rings. The number of non-ortho nitro benzene ring substituents is 1. The Kier molecular flexibility index (Phi) is 5.18. The summed E-state index contributed by atoms with van der Waals surface area (Å²) in [7, 11) is -2.16. The smallest absolute Gasteiger partial charge is 0.270 e. The number of anilines is 1. The van der Waals surface area contributed by atoms with E-state index in [0.29, 0.717) is 38.3 Å². The van der Waals surface area contributed by atoms with Crippen LogP contribution >= 0.6 is 0 Å². The Balaban J connectivity index is 1.77. The van der Waals surface area contributed by atoms with Crippen LogP contribution in [0.15, 0.2) is 41.3 Å². The summed E-state index contributed by atoms with van der Waals surface area (Å²) < 4.78 is 33.4. The Morgan fingerprint density at radius 1 is 1.10 bits per heavy atom. The fraction of sp³-hybridized carbons (Fsp3) is 0.400. The molecule has 0 bridgehead atoms. The third-order valence-corrected chi connectivity index (χ3v) is 7.55. The van der Waals surface area contributed by atoms with Crippen molar-refractivity contribution in [3.8, 4) is 5.75 Å². The molecule has 1 fully saturated rings. The van der Waals surface area contributed by atoms with Crippen LogP contribution in [0.1, 0.15) is 24.0 Å². The molecule has 9 heteroatoms. The van der Waals surface area contributed by atoms with Gasteiger partial charge in [-0.2, -0.15) is 4.31 Å². The van der Waals surface area contributed by atoms with E-state index in [9.17, 15) is 18.5 Å². The van der Waals surface area contributed by atoms with E-state index >= 15 is 0 Å². The predicted molar refractivity (Wildman–Crippen MR) is 109 cm³/mol. The molecule has 1 saturated heterocycles. The van der Waals surface area contributed by atoms with Gasteiger partial charge in [0.05, 0.1) is 17.7 Å². The number of hydrogen-bond donors (Lipinski definition) is 0. The Hall–Kier alpha value is -2.65. The average molecular weight is 417 g/mol. The van der Waals surface area contributed by atoms with E-state index in [0.717, 1.165) is 29.7 Å². The largest absolute Gasteiger partial charge is 0.496 e. The highest BCUT2D eigenvalue weighted by Crippen LogP contribution is 2.36. The van der Waals surface area contributed by atoms with Crippen molar-refractivity contribution in [2.45, 2.75) is 30.7 Å². The van der Waals surface area contributed by atoms with Gasteiger partial charge in [-0.05, 0) is 37.0 Å². The highest BCUT2D eigenvalue weighted by Gasteiger charge is 2.33. The number of rotatable bonds is 5. The second-order valence-electron chi connectivity index (χ2n) is 7.29. The fourth-order valence-corrected chi connectivity index (χ4v) is 5.87. The standard InChI is InChI=1S/C20H23N3O5S/c1-28-19-6-4-5-15-14-21(12-9-17(15)19)18-8-7-16(23(24)25)13-20(18)29(26,27)22-10-2-3-11-22/h4-8,13H,2-3,9-12,14H2,1H3. The molecular formula is C20H23N3O5S. The number of hydrogen-bond acceptors (Lipinski definition) is 6. The number of benzene rings is 2. The first-order chi connectivity index (χ1) is 13.9. The zero-order chi connectivity index (χ0) is 20.6. The molecule has 0 saturated carbocycles. The van der Waals surface area contributed by atoms with E-state index in [1.807, 2.05) is 23.1 Å². The van der Waals surface area contributed by atoms with Gasteiger partial charge in [0.25, 0.3) is 5.69 Å². The van der Waals surface area contributed by atoms with Crippen molar-refractivity contribution in [3.05, 3.63) is 57.6 Å². The quantitative estimate of drug-likeness (QED) is 0.549. The van der Waals surface area contributed by atoms with Crippen molar-refractivity contribution in [2.24, 2.45) is 0 Å². The second kappa shape index (κ2) is 7.64. The van der Waals surface area contributed by atoms with Gasteiger partial charge in [0.15, 0.2) is 0 Å². The molecule has 4 rings (SSSR count). The second-order valence-corrected chi connectivity index (χ2v) is 9.20. The van der Waals surface area contributed by atoms with Gasteiger partial charge in [-0.25, -0.2) is 8.42 Å². The molecule has 0 amide bonds. The lowest BCUT2D eigenvalue weighted by Gasteiger charge is -2.33. The van der Waals surface area contributed by atoms with Crippen molar-refractivity contribution in [1.82, 2.24) is 4.31 Å². The number of fused-ring (bicyclic) bond motifs is 1. The van der Waals surface area contributed by atoms with Crippen LogP contribution in [0.25, 0.3) is 0 Å². The van der Waals surface area contributed by atoms with Gasteiger partial charge in [0, 0.05) is 43.9 Å². The Bertz CT molecular complexity index is 1050. The Morgan fingerprint density at radius 2 is 1.86 bits per heavy atom. The summed E-state index contributed by atoms with van der Waals surface area (Å²) in [5, 5.41) is 11.3. The maximum atomic E-state index is 13.3. The van der Waals surface area contributed by atoms with E-state index < -0.39 is 14.9 Å². The number of nitrogens with zero attached hydrogens (tertiary/aromatic N) is 3. The zero-order valence-electron chi connectivity index (χ0n) is 16.2. The molecule has 8 nitrogen and oxygen atoms in total. The lowest BCUT2D eigenvalue weighted by molar-refractivity contribution is -0.385. The highest BCUT2D eigenvalue weighted by molar-refractivity contribution is 7.89. The van der Waals surface area contributed by atoms with Crippen LogP contribution in [-0.2, 0) is 23.0 Å². The summed E-state index contributed by atoms with van der Waals surface area (Å²) in [4.78, 5) is 12.7. The van der Waals surface area contributed by atoms with Gasteiger partial charge < -0.3 is 9.64 Å². The minimum atomic E-state index is -3.80. The SMILES string of the molecule is COc1cccc2c1CCN(c1ccc([N+](=O)[O-])cc1S(=O)(=O)N1CCCC1)C2. The normalized spacial score (nSPS) is 17.2. The molecule has 0 aromatic heterocycles. The van der Waals surface area contributed by atoms with Gasteiger partial charge in [-0.3, -0.25) is 10.1 Å². The first kappa shape index (κ1) is 19.7. The minimum absolute atomic E-state index is 0.0138. The lowest BCUT2D eigenvalue weighted by atomic mass is 9.98. The summed E-state index contributed by atoms with van der Waals surface area (Å²) in [6, 6.07) is 9.97. The number of nitro groups is 1. The summed E-state index contributed by atoms with van der Waals surface area (Å²) in [6.07, 6.45) is 2.32. The van der Waals surface area contributed by atoms with Crippen LogP contribution in [0.3, 0.4) is 0 Å². The number of sulfonamides is 1. The third-order valence-electron chi connectivity index (χ3n) is 5.62. The molecule has 0 unspecified atom stereocenters. The molecule has 154 valence electrons. The van der Waals surface area contributed by atoms with Gasteiger partial charge >= 0.3 is 0 Å². The number of nitro benzene ring substituents is 1. The zero-order valence-corrected chi connectivity index (χ0v) is 17.0. The maximum absolute atomic E-state index is 13.3. The van der Waals surface area contributed by atoms with Gasteiger partial charge in [-0.1, -0.05) is 12.1 Å². The fourth-order valence-electron chi connectivity index (χ4n) is 4.12. The summed E-state index contributed by atoms with van der Waals surface area (Å²) in [6.45, 7) is 2.02. The van der Waals surface area contributed by atoms with Crippen molar-refractivity contribution >= 4 is 21.4 Å². The monoisotopic (exact) mass is 417 g/mol. The van der Waals surface area contributed by atoms with Crippen LogP contribution < -0.4 is 9.64 Å². The number of methoxy groups -OCH3 is 1. The van der Waals surface area contributed by atoms with Gasteiger partial charge in [0.2, 0.25) is 10.0 Å². The summed E-state index contributed by atoms with van der Waals surface area (Å²) in [5.74, 6) is 0.829.